The summed E-state index contributed by atoms with van der Waals surface area (Å²) in [5, 5.41) is 0. The fourth-order valence-electron chi connectivity index (χ4n) is 3.70. The molecule has 0 bridgehead atoms. The fraction of sp³-hybridized carbons (Fsp3) is 0.238. The van der Waals surface area contributed by atoms with E-state index in [-0.39, 0.29) is 18.9 Å². The van der Waals surface area contributed by atoms with Gasteiger partial charge in [0.2, 0.25) is 5.91 Å². The Kier molecular flexibility index (Phi) is 4.50. The van der Waals surface area contributed by atoms with Crippen molar-refractivity contribution >= 4 is 17.6 Å². The lowest BCUT2D eigenvalue weighted by Crippen LogP contribution is -2.37. The molecule has 0 saturated heterocycles. The number of cyclic esters (lactones) is 1. The van der Waals surface area contributed by atoms with Crippen LogP contribution in [0.4, 0.5) is 10.1 Å². The number of rotatable bonds is 4. The van der Waals surface area contributed by atoms with Gasteiger partial charge in [0.15, 0.2) is 11.5 Å². The van der Waals surface area contributed by atoms with Crippen LogP contribution in [0.5, 0.6) is 11.5 Å². The number of esters is 1. The van der Waals surface area contributed by atoms with E-state index in [0.717, 1.165) is 5.56 Å². The lowest BCUT2D eigenvalue weighted by atomic mass is 9.84. The molecular weight excluding hydrogens is 365 g/mol. The molecule has 0 unspecified atom stereocenters. The van der Waals surface area contributed by atoms with Crippen molar-refractivity contribution in [1.29, 1.82) is 0 Å². The summed E-state index contributed by atoms with van der Waals surface area (Å²) < 4.78 is 29.1. The van der Waals surface area contributed by atoms with Gasteiger partial charge >= 0.3 is 5.97 Å². The molecule has 4 rings (SSSR count). The van der Waals surface area contributed by atoms with Gasteiger partial charge in [-0.15, -0.1) is 0 Å². The Bertz CT molecular complexity index is 983. The summed E-state index contributed by atoms with van der Waals surface area (Å²) in [5.74, 6) is -0.414. The molecule has 2 heterocycles. The van der Waals surface area contributed by atoms with E-state index in [2.05, 4.69) is 0 Å². The van der Waals surface area contributed by atoms with Crippen LogP contribution < -0.4 is 14.4 Å². The molecule has 0 fully saturated rings. The minimum Gasteiger partial charge on any atom is -0.493 e. The van der Waals surface area contributed by atoms with Gasteiger partial charge in [-0.1, -0.05) is 6.07 Å². The molecule has 28 heavy (non-hydrogen) atoms. The molecule has 6 nitrogen and oxygen atoms in total. The fourth-order valence-corrected chi connectivity index (χ4v) is 3.70. The molecule has 0 saturated carbocycles. The Hall–Kier alpha value is -3.35. The molecule has 0 radical (unpaired) electrons. The van der Waals surface area contributed by atoms with Gasteiger partial charge in [-0.3, -0.25) is 9.69 Å². The summed E-state index contributed by atoms with van der Waals surface area (Å²) in [6.07, 6.45) is 0.0841. The standard InChI is InChI=1S/C21H18FNO5/c1-26-17-8-3-12(9-18(17)27-2)15-10-19(24)23(14-6-4-13(22)5-7-14)16-11-28-21(25)20(15)16/h3-9,15H,10-11H2,1-2H3/t15-/m1/s1. The van der Waals surface area contributed by atoms with Gasteiger partial charge in [-0.2, -0.15) is 0 Å². The number of anilines is 1. The minimum atomic E-state index is -0.450. The number of nitrogens with zero attached hydrogens (tertiary/aromatic N) is 1. The van der Waals surface area contributed by atoms with Crippen LogP contribution in [0.15, 0.2) is 53.7 Å². The SMILES string of the molecule is COc1ccc([C@H]2CC(=O)N(c3ccc(F)cc3)C3=C2C(=O)OC3)cc1OC. The third kappa shape index (κ3) is 2.89. The van der Waals surface area contributed by atoms with Gasteiger partial charge in [-0.25, -0.2) is 9.18 Å². The van der Waals surface area contributed by atoms with Crippen LogP contribution >= 0.6 is 0 Å². The normalized spacial score (nSPS) is 18.8. The Morgan fingerprint density at radius 3 is 2.43 bits per heavy atom. The highest BCUT2D eigenvalue weighted by Gasteiger charge is 2.43. The van der Waals surface area contributed by atoms with E-state index in [0.29, 0.717) is 28.5 Å². The molecule has 2 aromatic rings. The molecule has 0 aliphatic carbocycles. The first-order valence-corrected chi connectivity index (χ1v) is 8.74. The zero-order chi connectivity index (χ0) is 19.8. The molecule has 2 aliphatic heterocycles. The first-order chi connectivity index (χ1) is 13.5. The molecule has 1 atom stereocenters. The monoisotopic (exact) mass is 383 g/mol. The molecule has 1 amide bonds. The average Bonchev–Trinajstić information content (AvgIpc) is 3.09. The molecule has 7 heteroatoms. The quantitative estimate of drug-likeness (QED) is 0.759. The van der Waals surface area contributed by atoms with E-state index < -0.39 is 17.7 Å². The van der Waals surface area contributed by atoms with Gasteiger partial charge in [-0.05, 0) is 42.0 Å². The van der Waals surface area contributed by atoms with Crippen LogP contribution in [0, 0.1) is 5.82 Å². The second-order valence-corrected chi connectivity index (χ2v) is 6.51. The summed E-state index contributed by atoms with van der Waals surface area (Å²) in [4.78, 5) is 26.9. The Balaban J connectivity index is 1.80. The van der Waals surface area contributed by atoms with Crippen molar-refractivity contribution in [2.45, 2.75) is 12.3 Å². The molecular formula is C21H18FNO5. The summed E-state index contributed by atoms with van der Waals surface area (Å²) in [7, 11) is 3.07. The summed E-state index contributed by atoms with van der Waals surface area (Å²) in [6.45, 7) is 0.00106. The molecule has 2 aliphatic rings. The van der Waals surface area contributed by atoms with Crippen LogP contribution in [-0.4, -0.2) is 32.7 Å². The summed E-state index contributed by atoms with van der Waals surface area (Å²) in [6, 6.07) is 10.9. The number of carbonyl (C=O) groups is 2. The Morgan fingerprint density at radius 2 is 1.75 bits per heavy atom. The maximum atomic E-state index is 13.3. The first kappa shape index (κ1) is 18.0. The van der Waals surface area contributed by atoms with Crippen LogP contribution in [-0.2, 0) is 14.3 Å². The van der Waals surface area contributed by atoms with Crippen LogP contribution in [0.3, 0.4) is 0 Å². The van der Waals surface area contributed by atoms with Gasteiger partial charge in [0, 0.05) is 18.0 Å². The van der Waals surface area contributed by atoms with Gasteiger partial charge in [0.05, 0.1) is 25.5 Å². The van der Waals surface area contributed by atoms with Crippen molar-refractivity contribution in [1.82, 2.24) is 0 Å². The van der Waals surface area contributed by atoms with Crippen LogP contribution in [0.25, 0.3) is 0 Å². The predicted molar refractivity (Wildman–Crippen MR) is 98.8 cm³/mol. The number of benzene rings is 2. The summed E-state index contributed by atoms with van der Waals surface area (Å²) in [5.41, 5.74) is 2.20. The number of hydrogen-bond donors (Lipinski definition) is 0. The van der Waals surface area contributed by atoms with Crippen LogP contribution in [0.1, 0.15) is 17.9 Å². The average molecular weight is 383 g/mol. The van der Waals surface area contributed by atoms with Crippen molar-refractivity contribution in [3.8, 4) is 11.5 Å². The third-order valence-electron chi connectivity index (χ3n) is 5.01. The topological polar surface area (TPSA) is 65.1 Å². The first-order valence-electron chi connectivity index (χ1n) is 8.74. The second kappa shape index (κ2) is 6.99. The number of halogens is 1. The molecule has 0 aromatic heterocycles. The molecule has 0 spiro atoms. The maximum absolute atomic E-state index is 13.3. The summed E-state index contributed by atoms with van der Waals surface area (Å²) >= 11 is 0. The Labute approximate surface area is 161 Å². The highest BCUT2D eigenvalue weighted by Crippen LogP contribution is 2.43. The molecule has 0 N–H and O–H groups in total. The van der Waals surface area contributed by atoms with Crippen LogP contribution in [0.2, 0.25) is 0 Å². The van der Waals surface area contributed by atoms with Crippen molar-refractivity contribution in [3.63, 3.8) is 0 Å². The third-order valence-corrected chi connectivity index (χ3v) is 5.01. The zero-order valence-corrected chi connectivity index (χ0v) is 15.4. The smallest absolute Gasteiger partial charge is 0.336 e. The Morgan fingerprint density at radius 1 is 1.04 bits per heavy atom. The molecule has 144 valence electrons. The van der Waals surface area contributed by atoms with Gasteiger partial charge in [0.1, 0.15) is 12.4 Å². The van der Waals surface area contributed by atoms with Gasteiger partial charge < -0.3 is 14.2 Å². The van der Waals surface area contributed by atoms with E-state index in [1.807, 2.05) is 6.07 Å². The van der Waals surface area contributed by atoms with E-state index in [9.17, 15) is 14.0 Å². The number of amides is 1. The lowest BCUT2D eigenvalue weighted by Gasteiger charge is -2.32. The lowest BCUT2D eigenvalue weighted by molar-refractivity contribution is -0.136. The van der Waals surface area contributed by atoms with Crippen molar-refractivity contribution in [3.05, 3.63) is 65.1 Å². The van der Waals surface area contributed by atoms with Crippen molar-refractivity contribution in [2.75, 3.05) is 25.7 Å². The van der Waals surface area contributed by atoms with E-state index in [1.54, 1.807) is 12.1 Å². The minimum absolute atomic E-state index is 0.00106. The van der Waals surface area contributed by atoms with E-state index in [1.165, 1.54) is 43.4 Å². The predicted octanol–water partition coefficient (Wildman–Crippen LogP) is 3.17. The highest BCUT2D eigenvalue weighted by atomic mass is 19.1. The number of hydrogen-bond acceptors (Lipinski definition) is 5. The van der Waals surface area contributed by atoms with E-state index >= 15 is 0 Å². The van der Waals surface area contributed by atoms with Gasteiger partial charge in [0.25, 0.3) is 0 Å². The number of ether oxygens (including phenoxy) is 3. The second-order valence-electron chi connectivity index (χ2n) is 6.51. The highest BCUT2D eigenvalue weighted by molar-refractivity contribution is 6.06. The number of carbonyl (C=O) groups excluding carboxylic acids is 2. The van der Waals surface area contributed by atoms with Crippen molar-refractivity contribution in [2.24, 2.45) is 0 Å². The molecule has 2 aromatic carbocycles. The van der Waals surface area contributed by atoms with E-state index in [4.69, 9.17) is 14.2 Å². The number of methoxy groups -OCH3 is 2. The zero-order valence-electron chi connectivity index (χ0n) is 15.4. The largest absolute Gasteiger partial charge is 0.493 e. The van der Waals surface area contributed by atoms with Crippen molar-refractivity contribution < 1.29 is 28.2 Å². The maximum Gasteiger partial charge on any atom is 0.336 e.